The summed E-state index contributed by atoms with van der Waals surface area (Å²) in [5.41, 5.74) is 0.959. The van der Waals surface area contributed by atoms with Gasteiger partial charge in [0.25, 0.3) is 0 Å². The van der Waals surface area contributed by atoms with Gasteiger partial charge in [-0.15, -0.1) is 23.1 Å². The van der Waals surface area contributed by atoms with Gasteiger partial charge in [0.1, 0.15) is 0 Å². The molecule has 3 aromatic rings. The summed E-state index contributed by atoms with van der Waals surface area (Å²) in [6.45, 7) is 0. The first-order valence-corrected chi connectivity index (χ1v) is 7.30. The van der Waals surface area contributed by atoms with Crippen LogP contribution < -0.4 is 0 Å². The summed E-state index contributed by atoms with van der Waals surface area (Å²) in [4.78, 5) is 6.29. The first-order chi connectivity index (χ1) is 8.92. The van der Waals surface area contributed by atoms with Crippen molar-refractivity contribution in [2.75, 3.05) is 0 Å². The van der Waals surface area contributed by atoms with Crippen molar-refractivity contribution in [2.45, 2.75) is 10.6 Å². The predicted molar refractivity (Wildman–Crippen MR) is 73.6 cm³/mol. The molecule has 3 heterocycles. The van der Waals surface area contributed by atoms with Crippen molar-refractivity contribution in [1.82, 2.24) is 10.1 Å². The smallest absolute Gasteiger partial charge is 0.177 e. The van der Waals surface area contributed by atoms with Crippen LogP contribution in [-0.4, -0.2) is 10.1 Å². The highest BCUT2D eigenvalue weighted by molar-refractivity contribution is 7.98. The monoisotopic (exact) mass is 274 g/mol. The van der Waals surface area contributed by atoms with E-state index in [0.29, 0.717) is 0 Å². The minimum absolute atomic E-state index is 0.804. The number of nitrogens with zero attached hydrogens (tertiary/aromatic N) is 2. The van der Waals surface area contributed by atoms with Crippen LogP contribution in [0.2, 0.25) is 0 Å². The van der Waals surface area contributed by atoms with Crippen LogP contribution in [0, 0.1) is 0 Å². The van der Waals surface area contributed by atoms with Crippen LogP contribution >= 0.6 is 23.1 Å². The van der Waals surface area contributed by atoms with Gasteiger partial charge in [-0.2, -0.15) is 0 Å². The van der Waals surface area contributed by atoms with Crippen molar-refractivity contribution < 1.29 is 4.52 Å². The number of thiophene rings is 1. The van der Waals surface area contributed by atoms with E-state index in [-0.39, 0.29) is 0 Å². The highest BCUT2D eigenvalue weighted by atomic mass is 32.2. The lowest BCUT2D eigenvalue weighted by Gasteiger charge is -1.96. The fourth-order valence-corrected chi connectivity index (χ4v) is 2.94. The van der Waals surface area contributed by atoms with Crippen molar-refractivity contribution in [3.63, 3.8) is 0 Å². The predicted octanol–water partition coefficient (Wildman–Crippen LogP) is 4.09. The van der Waals surface area contributed by atoms with Gasteiger partial charge >= 0.3 is 0 Å². The number of aromatic nitrogens is 2. The van der Waals surface area contributed by atoms with Crippen LogP contribution in [0.5, 0.6) is 0 Å². The van der Waals surface area contributed by atoms with Crippen LogP contribution in [0.3, 0.4) is 0 Å². The average Bonchev–Trinajstić information content (AvgIpc) is 3.08. The van der Waals surface area contributed by atoms with E-state index in [4.69, 9.17) is 4.52 Å². The Hall–Kier alpha value is -1.59. The summed E-state index contributed by atoms with van der Waals surface area (Å²) in [6, 6.07) is 10.0. The molecule has 3 rings (SSSR count). The number of thioether (sulfide) groups is 1. The third-order valence-corrected chi connectivity index (χ3v) is 4.29. The van der Waals surface area contributed by atoms with Crippen molar-refractivity contribution >= 4 is 23.1 Å². The zero-order chi connectivity index (χ0) is 12.2. The van der Waals surface area contributed by atoms with E-state index < -0.39 is 0 Å². The zero-order valence-electron chi connectivity index (χ0n) is 9.45. The van der Waals surface area contributed by atoms with Crippen LogP contribution in [-0.2, 0) is 5.75 Å². The van der Waals surface area contributed by atoms with E-state index in [2.05, 4.69) is 10.1 Å². The molecule has 0 saturated heterocycles. The Kier molecular flexibility index (Phi) is 3.43. The Bertz CT molecular complexity index is 605. The topological polar surface area (TPSA) is 38.9 Å². The highest BCUT2D eigenvalue weighted by Crippen LogP contribution is 2.27. The van der Waals surface area contributed by atoms with Gasteiger partial charge in [0.2, 0.25) is 0 Å². The molecular weight excluding hydrogens is 264 g/mol. The molecule has 0 radical (unpaired) electrons. The fourth-order valence-electron chi connectivity index (χ4n) is 1.51. The van der Waals surface area contributed by atoms with Gasteiger partial charge in [0, 0.05) is 29.1 Å². The number of pyridine rings is 1. The Morgan fingerprint density at radius 1 is 1.22 bits per heavy atom. The lowest BCUT2D eigenvalue weighted by atomic mass is 10.3. The summed E-state index contributed by atoms with van der Waals surface area (Å²) < 4.78 is 5.33. The summed E-state index contributed by atoms with van der Waals surface area (Å²) in [5.74, 6) is 1.65. The molecule has 0 aromatic carbocycles. The molecule has 0 spiro atoms. The second kappa shape index (κ2) is 5.37. The molecule has 18 heavy (non-hydrogen) atoms. The second-order valence-electron chi connectivity index (χ2n) is 3.63. The summed E-state index contributed by atoms with van der Waals surface area (Å²) in [5, 5.41) is 6.11. The van der Waals surface area contributed by atoms with Gasteiger partial charge in [-0.25, -0.2) is 0 Å². The third kappa shape index (κ3) is 2.63. The molecule has 0 N–H and O–H groups in total. The zero-order valence-corrected chi connectivity index (χ0v) is 11.1. The maximum Gasteiger partial charge on any atom is 0.177 e. The highest BCUT2D eigenvalue weighted by Gasteiger charge is 2.07. The minimum atomic E-state index is 0.804. The maximum absolute atomic E-state index is 5.33. The second-order valence-corrected chi connectivity index (χ2v) is 5.63. The normalized spacial score (nSPS) is 10.7. The molecule has 0 amide bonds. The van der Waals surface area contributed by atoms with E-state index >= 15 is 0 Å². The van der Waals surface area contributed by atoms with Crippen molar-refractivity contribution in [3.8, 4) is 10.6 Å². The van der Waals surface area contributed by atoms with Gasteiger partial charge in [0.05, 0.1) is 10.6 Å². The SMILES string of the molecule is c1csc(-c2cc(CSc3ccncc3)no2)c1. The molecule has 90 valence electrons. The Morgan fingerprint density at radius 3 is 2.89 bits per heavy atom. The van der Waals surface area contributed by atoms with Gasteiger partial charge in [-0.05, 0) is 23.6 Å². The fraction of sp³-hybridized carbons (Fsp3) is 0.0769. The van der Waals surface area contributed by atoms with E-state index in [1.807, 2.05) is 35.7 Å². The molecule has 0 fully saturated rings. The molecule has 0 bridgehead atoms. The average molecular weight is 274 g/mol. The Morgan fingerprint density at radius 2 is 2.11 bits per heavy atom. The Labute approximate surface area is 113 Å². The van der Waals surface area contributed by atoms with Crippen LogP contribution in [0.25, 0.3) is 10.6 Å². The summed E-state index contributed by atoms with van der Waals surface area (Å²) in [7, 11) is 0. The van der Waals surface area contributed by atoms with Gasteiger partial charge in [-0.1, -0.05) is 11.2 Å². The molecule has 0 atom stereocenters. The van der Waals surface area contributed by atoms with Crippen LogP contribution in [0.1, 0.15) is 5.69 Å². The molecule has 0 aliphatic rings. The van der Waals surface area contributed by atoms with E-state index in [1.165, 1.54) is 4.90 Å². The Balaban J connectivity index is 1.68. The van der Waals surface area contributed by atoms with Gasteiger partial charge in [-0.3, -0.25) is 4.98 Å². The maximum atomic E-state index is 5.33. The van der Waals surface area contributed by atoms with Crippen molar-refractivity contribution in [3.05, 3.63) is 53.8 Å². The molecule has 3 aromatic heterocycles. The number of rotatable bonds is 4. The first-order valence-electron chi connectivity index (χ1n) is 5.44. The molecule has 0 aliphatic heterocycles. The lowest BCUT2D eigenvalue weighted by molar-refractivity contribution is 0.427. The van der Waals surface area contributed by atoms with E-state index in [0.717, 1.165) is 22.1 Å². The van der Waals surface area contributed by atoms with Crippen molar-refractivity contribution in [2.24, 2.45) is 0 Å². The molecule has 0 unspecified atom stereocenters. The lowest BCUT2D eigenvalue weighted by Crippen LogP contribution is -1.79. The third-order valence-electron chi connectivity index (χ3n) is 2.36. The van der Waals surface area contributed by atoms with Crippen LogP contribution in [0.4, 0.5) is 0 Å². The molecule has 3 nitrogen and oxygen atoms in total. The molecule has 5 heteroatoms. The van der Waals surface area contributed by atoms with Crippen molar-refractivity contribution in [1.29, 1.82) is 0 Å². The van der Waals surface area contributed by atoms with Gasteiger partial charge in [0.15, 0.2) is 5.76 Å². The standard InChI is InChI=1S/C13H10N2OS2/c1-2-13(17-7-1)12-8-10(15-16-12)9-18-11-3-5-14-6-4-11/h1-8H,9H2. The first kappa shape index (κ1) is 11.5. The van der Waals surface area contributed by atoms with Crippen LogP contribution in [0.15, 0.2) is 57.5 Å². The molecule has 0 saturated carbocycles. The quantitative estimate of drug-likeness (QED) is 0.672. The molecular formula is C13H10N2OS2. The summed E-state index contributed by atoms with van der Waals surface area (Å²) >= 11 is 3.38. The molecule has 0 aliphatic carbocycles. The van der Waals surface area contributed by atoms with E-state index in [9.17, 15) is 0 Å². The van der Waals surface area contributed by atoms with Gasteiger partial charge < -0.3 is 4.52 Å². The summed E-state index contributed by atoms with van der Waals surface area (Å²) in [6.07, 6.45) is 3.59. The number of hydrogen-bond acceptors (Lipinski definition) is 5. The minimum Gasteiger partial charge on any atom is -0.355 e. The van der Waals surface area contributed by atoms with E-state index in [1.54, 1.807) is 35.5 Å². The largest absolute Gasteiger partial charge is 0.355 e. The number of hydrogen-bond donors (Lipinski definition) is 0.